The summed E-state index contributed by atoms with van der Waals surface area (Å²) in [6, 6.07) is 14.7. The Balaban J connectivity index is 1.91. The Labute approximate surface area is 128 Å². The molecule has 0 saturated heterocycles. The number of nitrogens with one attached hydrogen (secondary N) is 1. The maximum absolute atomic E-state index is 6.61. The molecular formula is C18H13ClN2. The Bertz CT molecular complexity index is 845. The summed E-state index contributed by atoms with van der Waals surface area (Å²) in [5.41, 5.74) is 3.09. The molecule has 4 rings (SSSR count). The molecule has 1 aliphatic carbocycles. The van der Waals surface area contributed by atoms with Crippen molar-refractivity contribution in [3.8, 4) is 0 Å². The van der Waals surface area contributed by atoms with E-state index in [-0.39, 0.29) is 0 Å². The van der Waals surface area contributed by atoms with Gasteiger partial charge in [0.1, 0.15) is 0 Å². The molecule has 2 aromatic rings. The molecule has 0 spiro atoms. The fraction of sp³-hybridized carbons (Fsp3) is 0.0556. The maximum Gasteiger partial charge on any atom is 0.181 e. The third kappa shape index (κ3) is 1.99. The molecule has 0 radical (unpaired) electrons. The van der Waals surface area contributed by atoms with Crippen LogP contribution in [0.4, 0.5) is 0 Å². The van der Waals surface area contributed by atoms with E-state index in [0.29, 0.717) is 0 Å². The molecule has 1 atom stereocenters. The highest BCUT2D eigenvalue weighted by molar-refractivity contribution is 6.29. The summed E-state index contributed by atoms with van der Waals surface area (Å²) in [7, 11) is 0. The third-order valence-corrected chi connectivity index (χ3v) is 4.26. The fourth-order valence-corrected chi connectivity index (χ4v) is 3.04. The number of hydrogen-bond acceptors (Lipinski definition) is 2. The zero-order valence-corrected chi connectivity index (χ0v) is 12.0. The van der Waals surface area contributed by atoms with E-state index in [1.165, 1.54) is 10.8 Å². The highest BCUT2D eigenvalue weighted by atomic mass is 35.5. The molecular weight excluding hydrogens is 280 g/mol. The lowest BCUT2D eigenvalue weighted by Crippen LogP contribution is -2.30. The van der Waals surface area contributed by atoms with E-state index >= 15 is 0 Å². The summed E-state index contributed by atoms with van der Waals surface area (Å²) in [6.07, 6.45) is 9.50. The van der Waals surface area contributed by atoms with Gasteiger partial charge < -0.3 is 5.32 Å². The smallest absolute Gasteiger partial charge is 0.181 e. The van der Waals surface area contributed by atoms with Crippen molar-refractivity contribution in [2.45, 2.75) is 5.00 Å². The van der Waals surface area contributed by atoms with Crippen LogP contribution in [-0.4, -0.2) is 11.3 Å². The lowest BCUT2D eigenvalue weighted by atomic mass is 9.94. The Hall–Kier alpha value is -2.32. The molecule has 1 aliphatic heterocycles. The van der Waals surface area contributed by atoms with Gasteiger partial charge in [0.2, 0.25) is 0 Å². The summed E-state index contributed by atoms with van der Waals surface area (Å²) < 4.78 is 0. The molecule has 3 heteroatoms. The first-order valence-electron chi connectivity index (χ1n) is 6.85. The van der Waals surface area contributed by atoms with E-state index < -0.39 is 5.00 Å². The van der Waals surface area contributed by atoms with Crippen LogP contribution in [0.2, 0.25) is 0 Å². The third-order valence-electron chi connectivity index (χ3n) is 3.84. The van der Waals surface area contributed by atoms with Crippen molar-refractivity contribution in [2.75, 3.05) is 0 Å². The molecule has 0 amide bonds. The molecule has 1 unspecified atom stereocenters. The quantitative estimate of drug-likeness (QED) is 0.617. The number of fused-ring (bicyclic) bond motifs is 2. The van der Waals surface area contributed by atoms with Crippen molar-refractivity contribution in [3.05, 3.63) is 77.9 Å². The van der Waals surface area contributed by atoms with Crippen molar-refractivity contribution in [2.24, 2.45) is 4.99 Å². The van der Waals surface area contributed by atoms with Crippen LogP contribution in [0.25, 0.3) is 16.5 Å². The van der Waals surface area contributed by atoms with Crippen LogP contribution >= 0.6 is 11.6 Å². The van der Waals surface area contributed by atoms with Gasteiger partial charge in [-0.2, -0.15) is 0 Å². The Morgan fingerprint density at radius 2 is 1.86 bits per heavy atom. The number of aliphatic imine (C=N–C) groups is 1. The zero-order chi connectivity index (χ0) is 14.3. The van der Waals surface area contributed by atoms with Crippen LogP contribution in [0.5, 0.6) is 0 Å². The largest absolute Gasteiger partial charge is 0.346 e. The van der Waals surface area contributed by atoms with E-state index in [4.69, 9.17) is 11.6 Å². The summed E-state index contributed by atoms with van der Waals surface area (Å²) in [6.45, 7) is 0. The number of hydrogen-bond donors (Lipinski definition) is 1. The minimum Gasteiger partial charge on any atom is -0.346 e. The van der Waals surface area contributed by atoms with Gasteiger partial charge in [0, 0.05) is 5.57 Å². The van der Waals surface area contributed by atoms with Gasteiger partial charge in [0.15, 0.2) is 5.00 Å². The predicted molar refractivity (Wildman–Crippen MR) is 89.4 cm³/mol. The molecule has 2 nitrogen and oxygen atoms in total. The number of allylic oxidation sites excluding steroid dienone is 2. The van der Waals surface area contributed by atoms with E-state index in [9.17, 15) is 0 Å². The van der Waals surface area contributed by atoms with E-state index in [1.807, 2.05) is 30.4 Å². The molecule has 1 N–H and O–H groups in total. The first-order valence-corrected chi connectivity index (χ1v) is 7.23. The van der Waals surface area contributed by atoms with Crippen molar-refractivity contribution < 1.29 is 0 Å². The highest BCUT2D eigenvalue weighted by Crippen LogP contribution is 2.38. The van der Waals surface area contributed by atoms with Gasteiger partial charge in [-0.1, -0.05) is 66.2 Å². The van der Waals surface area contributed by atoms with Crippen LogP contribution in [0.1, 0.15) is 5.56 Å². The second-order valence-corrected chi connectivity index (χ2v) is 5.72. The van der Waals surface area contributed by atoms with Crippen LogP contribution in [0.3, 0.4) is 0 Å². The van der Waals surface area contributed by atoms with Crippen LogP contribution in [0.15, 0.2) is 77.3 Å². The molecule has 0 saturated carbocycles. The zero-order valence-electron chi connectivity index (χ0n) is 11.3. The SMILES string of the molecule is ClC12C=CC=CC1=C(c1ccc3ccccc3c1)NC=N2. The van der Waals surface area contributed by atoms with Crippen LogP contribution in [0, 0.1) is 0 Å². The lowest BCUT2D eigenvalue weighted by Gasteiger charge is -2.29. The predicted octanol–water partition coefficient (Wildman–Crippen LogP) is 4.24. The monoisotopic (exact) mass is 292 g/mol. The highest BCUT2D eigenvalue weighted by Gasteiger charge is 2.33. The van der Waals surface area contributed by atoms with Crippen molar-refractivity contribution in [1.29, 1.82) is 0 Å². The number of alkyl halides is 1. The van der Waals surface area contributed by atoms with Gasteiger partial charge in [-0.3, -0.25) is 0 Å². The van der Waals surface area contributed by atoms with Crippen LogP contribution < -0.4 is 5.32 Å². The van der Waals surface area contributed by atoms with Gasteiger partial charge >= 0.3 is 0 Å². The summed E-state index contributed by atoms with van der Waals surface area (Å²) in [4.78, 5) is 3.56. The summed E-state index contributed by atoms with van der Waals surface area (Å²) >= 11 is 6.61. The second kappa shape index (κ2) is 4.61. The number of nitrogens with zero attached hydrogens (tertiary/aromatic N) is 1. The Kier molecular flexibility index (Phi) is 2.72. The van der Waals surface area contributed by atoms with E-state index in [1.54, 1.807) is 6.34 Å². The van der Waals surface area contributed by atoms with Crippen molar-refractivity contribution in [1.82, 2.24) is 5.32 Å². The van der Waals surface area contributed by atoms with Crippen molar-refractivity contribution >= 4 is 34.4 Å². The van der Waals surface area contributed by atoms with Crippen LogP contribution in [-0.2, 0) is 0 Å². The first kappa shape index (κ1) is 12.4. The van der Waals surface area contributed by atoms with E-state index in [0.717, 1.165) is 16.8 Å². The second-order valence-electron chi connectivity index (χ2n) is 5.14. The van der Waals surface area contributed by atoms with Gasteiger partial charge in [-0.15, -0.1) is 0 Å². The summed E-state index contributed by atoms with van der Waals surface area (Å²) in [5.74, 6) is 0. The number of rotatable bonds is 1. The molecule has 0 bridgehead atoms. The molecule has 2 aliphatic rings. The normalized spacial score (nSPS) is 23.3. The van der Waals surface area contributed by atoms with E-state index in [2.05, 4.69) is 46.7 Å². The standard InChI is InChI=1S/C18H13ClN2/c19-18-10-4-3-7-16(18)17(20-12-21-18)15-9-8-13-5-1-2-6-14(13)11-15/h1-12H,(H,20,21). The first-order chi connectivity index (χ1) is 10.3. The minimum atomic E-state index is -0.791. The topological polar surface area (TPSA) is 24.4 Å². The molecule has 102 valence electrons. The average molecular weight is 293 g/mol. The summed E-state index contributed by atoms with van der Waals surface area (Å²) in [5, 5.41) is 5.68. The maximum atomic E-state index is 6.61. The molecule has 21 heavy (non-hydrogen) atoms. The van der Waals surface area contributed by atoms with Gasteiger partial charge in [-0.05, 0) is 28.5 Å². The lowest BCUT2D eigenvalue weighted by molar-refractivity contribution is 0.858. The van der Waals surface area contributed by atoms with Gasteiger partial charge in [0.05, 0.1) is 12.0 Å². The minimum absolute atomic E-state index is 0.791. The number of halogens is 1. The Morgan fingerprint density at radius 3 is 2.76 bits per heavy atom. The fourth-order valence-electron chi connectivity index (χ4n) is 2.76. The Morgan fingerprint density at radius 1 is 1.00 bits per heavy atom. The number of benzene rings is 2. The molecule has 0 aromatic heterocycles. The molecule has 1 heterocycles. The molecule has 0 fully saturated rings. The van der Waals surface area contributed by atoms with Gasteiger partial charge in [0.25, 0.3) is 0 Å². The van der Waals surface area contributed by atoms with Crippen molar-refractivity contribution in [3.63, 3.8) is 0 Å². The average Bonchev–Trinajstić information content (AvgIpc) is 2.53. The van der Waals surface area contributed by atoms with Gasteiger partial charge in [-0.25, -0.2) is 4.99 Å². The molecule has 2 aromatic carbocycles.